The molecule has 0 amide bonds. The summed E-state index contributed by atoms with van der Waals surface area (Å²) < 4.78 is 0. The van der Waals surface area contributed by atoms with Gasteiger partial charge >= 0.3 is 0 Å². The van der Waals surface area contributed by atoms with Crippen LogP contribution in [0.25, 0.3) is 0 Å². The van der Waals surface area contributed by atoms with Gasteiger partial charge in [-0.1, -0.05) is 25.2 Å². The zero-order valence-electron chi connectivity index (χ0n) is 7.13. The van der Waals surface area contributed by atoms with Crippen LogP contribution >= 0.6 is 0 Å². The second kappa shape index (κ2) is 4.31. The van der Waals surface area contributed by atoms with E-state index in [1.807, 2.05) is 0 Å². The predicted octanol–water partition coefficient (Wildman–Crippen LogP) is 1.66. The largest absolute Gasteiger partial charge is 0.298 e. The third kappa shape index (κ3) is 2.48. The number of rotatable bonds is 3. The first-order valence-electron chi connectivity index (χ1n) is 3.98. The van der Waals surface area contributed by atoms with Gasteiger partial charge in [0.15, 0.2) is 0 Å². The minimum Gasteiger partial charge on any atom is -0.298 e. The highest BCUT2D eigenvalue weighted by molar-refractivity contribution is 5.20. The number of nitrogens with one attached hydrogen (secondary N) is 1. The Morgan fingerprint density at radius 1 is 1.73 bits per heavy atom. The first-order chi connectivity index (χ1) is 5.34. The summed E-state index contributed by atoms with van der Waals surface area (Å²) in [5.74, 6) is 0.633. The fourth-order valence-corrected chi connectivity index (χ4v) is 1.14. The van der Waals surface area contributed by atoms with E-state index in [0.717, 1.165) is 6.42 Å². The average Bonchev–Trinajstić information content (AvgIpc) is 2.03. The molecule has 1 N–H and O–H groups in total. The normalized spacial score (nSPS) is 23.5. The highest BCUT2D eigenvalue weighted by Gasteiger charge is 2.08. The predicted molar refractivity (Wildman–Crippen MR) is 46.0 cm³/mol. The lowest BCUT2D eigenvalue weighted by Crippen LogP contribution is -2.14. The summed E-state index contributed by atoms with van der Waals surface area (Å²) in [6.07, 6.45) is 7.55. The minimum atomic E-state index is 0.633. The molecule has 0 aliphatic heterocycles. The van der Waals surface area contributed by atoms with Crippen molar-refractivity contribution in [1.82, 2.24) is 5.48 Å². The van der Waals surface area contributed by atoms with Gasteiger partial charge in [-0.15, -0.1) is 0 Å². The van der Waals surface area contributed by atoms with E-state index in [-0.39, 0.29) is 0 Å². The molecule has 0 aromatic heterocycles. The second-order valence-corrected chi connectivity index (χ2v) is 2.80. The first-order valence-corrected chi connectivity index (χ1v) is 3.98. The summed E-state index contributed by atoms with van der Waals surface area (Å²) in [5.41, 5.74) is 4.03. The van der Waals surface area contributed by atoms with E-state index in [1.54, 1.807) is 7.05 Å². The Bertz CT molecular complexity index is 172. The molecular formula is C9H15NO. The van der Waals surface area contributed by atoms with Crippen molar-refractivity contribution >= 4 is 0 Å². The smallest absolute Gasteiger partial charge is 0.0898 e. The van der Waals surface area contributed by atoms with Crippen LogP contribution < -0.4 is 5.48 Å². The van der Waals surface area contributed by atoms with Crippen molar-refractivity contribution in [2.45, 2.75) is 13.3 Å². The summed E-state index contributed by atoms with van der Waals surface area (Å²) in [6.45, 7) is 2.91. The third-order valence-electron chi connectivity index (χ3n) is 1.95. The first kappa shape index (κ1) is 8.50. The standard InChI is InChI=1S/C9H15NO/c1-8-5-3-4-6-9(8)7-11-10-2/h3-4,6,8,10H,5,7H2,1-2H3. The Hall–Kier alpha value is -0.600. The number of hydroxylamine groups is 1. The lowest BCUT2D eigenvalue weighted by atomic mass is 9.94. The summed E-state index contributed by atoms with van der Waals surface area (Å²) in [7, 11) is 1.78. The molecule has 0 fully saturated rings. The fraction of sp³-hybridized carbons (Fsp3) is 0.556. The molecule has 1 unspecified atom stereocenters. The molecule has 2 nitrogen and oxygen atoms in total. The monoisotopic (exact) mass is 153 g/mol. The molecule has 0 bridgehead atoms. The number of allylic oxidation sites excluding steroid dienone is 3. The molecule has 0 saturated carbocycles. The van der Waals surface area contributed by atoms with Gasteiger partial charge in [0.05, 0.1) is 6.61 Å². The highest BCUT2D eigenvalue weighted by atomic mass is 16.6. The third-order valence-corrected chi connectivity index (χ3v) is 1.95. The van der Waals surface area contributed by atoms with Crippen molar-refractivity contribution in [2.75, 3.05) is 13.7 Å². The van der Waals surface area contributed by atoms with Crippen molar-refractivity contribution in [3.63, 3.8) is 0 Å². The van der Waals surface area contributed by atoms with E-state index in [1.165, 1.54) is 5.57 Å². The summed E-state index contributed by atoms with van der Waals surface area (Å²) in [4.78, 5) is 5.09. The van der Waals surface area contributed by atoms with Gasteiger partial charge in [0.1, 0.15) is 0 Å². The fourth-order valence-electron chi connectivity index (χ4n) is 1.14. The topological polar surface area (TPSA) is 21.3 Å². The Morgan fingerprint density at radius 3 is 3.18 bits per heavy atom. The van der Waals surface area contributed by atoms with E-state index in [2.05, 4.69) is 30.6 Å². The molecule has 0 heterocycles. The maximum Gasteiger partial charge on any atom is 0.0898 e. The van der Waals surface area contributed by atoms with Gasteiger partial charge in [0.2, 0.25) is 0 Å². The van der Waals surface area contributed by atoms with Crippen LogP contribution in [0, 0.1) is 5.92 Å². The van der Waals surface area contributed by atoms with Gasteiger partial charge in [0, 0.05) is 7.05 Å². The van der Waals surface area contributed by atoms with E-state index in [4.69, 9.17) is 4.84 Å². The molecular weight excluding hydrogens is 138 g/mol. The van der Waals surface area contributed by atoms with E-state index < -0.39 is 0 Å². The van der Waals surface area contributed by atoms with Crippen molar-refractivity contribution in [2.24, 2.45) is 5.92 Å². The molecule has 0 radical (unpaired) electrons. The molecule has 11 heavy (non-hydrogen) atoms. The van der Waals surface area contributed by atoms with Gasteiger partial charge in [0.25, 0.3) is 0 Å². The Kier molecular flexibility index (Phi) is 3.33. The second-order valence-electron chi connectivity index (χ2n) is 2.80. The Morgan fingerprint density at radius 2 is 2.55 bits per heavy atom. The van der Waals surface area contributed by atoms with Crippen LogP contribution in [-0.2, 0) is 4.84 Å². The molecule has 1 atom stereocenters. The van der Waals surface area contributed by atoms with Crippen molar-refractivity contribution in [1.29, 1.82) is 0 Å². The Balaban J connectivity index is 2.40. The SMILES string of the molecule is CNOCC1=CC=CCC1C. The average molecular weight is 153 g/mol. The molecule has 0 spiro atoms. The molecule has 2 heteroatoms. The van der Waals surface area contributed by atoms with Crippen LogP contribution in [0.1, 0.15) is 13.3 Å². The van der Waals surface area contributed by atoms with Crippen LogP contribution in [-0.4, -0.2) is 13.7 Å². The molecule has 0 aromatic carbocycles. The van der Waals surface area contributed by atoms with Gasteiger partial charge in [-0.25, -0.2) is 5.48 Å². The lowest BCUT2D eigenvalue weighted by Gasteiger charge is -2.16. The van der Waals surface area contributed by atoms with Crippen LogP contribution in [0.2, 0.25) is 0 Å². The number of hydrogen-bond acceptors (Lipinski definition) is 2. The van der Waals surface area contributed by atoms with Gasteiger partial charge in [-0.05, 0) is 17.9 Å². The van der Waals surface area contributed by atoms with Crippen LogP contribution in [0.4, 0.5) is 0 Å². The minimum absolute atomic E-state index is 0.633. The zero-order valence-corrected chi connectivity index (χ0v) is 7.13. The number of hydrogen-bond donors (Lipinski definition) is 1. The van der Waals surface area contributed by atoms with Gasteiger partial charge < -0.3 is 0 Å². The summed E-state index contributed by atoms with van der Waals surface area (Å²) in [6, 6.07) is 0. The van der Waals surface area contributed by atoms with Crippen LogP contribution in [0.5, 0.6) is 0 Å². The maximum atomic E-state index is 5.09. The summed E-state index contributed by atoms with van der Waals surface area (Å²) >= 11 is 0. The van der Waals surface area contributed by atoms with Gasteiger partial charge in [-0.2, -0.15) is 0 Å². The molecule has 1 aliphatic carbocycles. The van der Waals surface area contributed by atoms with Crippen molar-refractivity contribution in [3.8, 4) is 0 Å². The molecule has 1 aliphatic rings. The lowest BCUT2D eigenvalue weighted by molar-refractivity contribution is 0.0718. The van der Waals surface area contributed by atoms with E-state index in [0.29, 0.717) is 12.5 Å². The van der Waals surface area contributed by atoms with Crippen LogP contribution in [0.15, 0.2) is 23.8 Å². The molecule has 0 aromatic rings. The molecule has 62 valence electrons. The molecule has 1 rings (SSSR count). The highest BCUT2D eigenvalue weighted by Crippen LogP contribution is 2.19. The quantitative estimate of drug-likeness (QED) is 0.622. The maximum absolute atomic E-state index is 5.09. The van der Waals surface area contributed by atoms with Gasteiger partial charge in [-0.3, -0.25) is 4.84 Å². The Labute approximate surface area is 67.9 Å². The summed E-state index contributed by atoms with van der Waals surface area (Å²) in [5, 5.41) is 0. The van der Waals surface area contributed by atoms with Crippen molar-refractivity contribution in [3.05, 3.63) is 23.8 Å². The zero-order chi connectivity index (χ0) is 8.10. The van der Waals surface area contributed by atoms with E-state index in [9.17, 15) is 0 Å². The van der Waals surface area contributed by atoms with Crippen LogP contribution in [0.3, 0.4) is 0 Å². The van der Waals surface area contributed by atoms with Crippen molar-refractivity contribution < 1.29 is 4.84 Å². The molecule has 0 saturated heterocycles. The van der Waals surface area contributed by atoms with E-state index >= 15 is 0 Å².